The average Bonchev–Trinajstić information content (AvgIpc) is 2.90. The lowest BCUT2D eigenvalue weighted by molar-refractivity contribution is -0.121. The van der Waals surface area contributed by atoms with E-state index in [4.69, 9.17) is 11.6 Å². The second kappa shape index (κ2) is 6.84. The molecule has 1 aromatic heterocycles. The minimum absolute atomic E-state index is 0.0789. The van der Waals surface area contributed by atoms with Crippen molar-refractivity contribution in [3.8, 4) is 5.75 Å². The van der Waals surface area contributed by atoms with Crippen LogP contribution in [0.4, 0.5) is 0 Å². The van der Waals surface area contributed by atoms with Gasteiger partial charge in [0.15, 0.2) is 0 Å². The zero-order valence-corrected chi connectivity index (χ0v) is 15.5. The number of nitrogens with zero attached hydrogens (tertiary/aromatic N) is 1. The molecule has 134 valence electrons. The predicted octanol–water partition coefficient (Wildman–Crippen LogP) is 3.85. The Hall–Kier alpha value is -2.79. The fraction of sp³-hybridized carbons (Fsp3) is 0.200. The highest BCUT2D eigenvalue weighted by Crippen LogP contribution is 2.34. The Balaban J connectivity index is 2.28. The highest BCUT2D eigenvalue weighted by Gasteiger charge is 2.26. The largest absolute Gasteiger partial charge is 0.508 e. The van der Waals surface area contributed by atoms with Crippen LogP contribution in [0.3, 0.4) is 0 Å². The van der Waals surface area contributed by atoms with Crippen molar-refractivity contribution in [3.05, 3.63) is 64.3 Å². The summed E-state index contributed by atoms with van der Waals surface area (Å²) in [4.78, 5) is 25.3. The lowest BCUT2D eigenvalue weighted by atomic mass is 9.97. The predicted molar refractivity (Wildman–Crippen MR) is 102 cm³/mol. The van der Waals surface area contributed by atoms with Crippen LogP contribution in [0.25, 0.3) is 10.9 Å². The Morgan fingerprint density at radius 1 is 1.19 bits per heavy atom. The second-order valence-corrected chi connectivity index (χ2v) is 6.62. The average molecular weight is 371 g/mol. The summed E-state index contributed by atoms with van der Waals surface area (Å²) >= 11 is 6.02. The van der Waals surface area contributed by atoms with Gasteiger partial charge in [0.1, 0.15) is 5.75 Å². The molecule has 1 unspecified atom stereocenters. The molecular formula is C20H19ClN2O3. The fourth-order valence-corrected chi connectivity index (χ4v) is 3.53. The smallest absolute Gasteiger partial charge is 0.262 e. The van der Waals surface area contributed by atoms with Crippen molar-refractivity contribution < 1.29 is 14.7 Å². The lowest BCUT2D eigenvalue weighted by Crippen LogP contribution is -2.24. The number of nitrogens with one attached hydrogen (secondary N) is 1. The summed E-state index contributed by atoms with van der Waals surface area (Å²) in [7, 11) is 1.57. The van der Waals surface area contributed by atoms with Gasteiger partial charge in [0.2, 0.25) is 5.91 Å². The number of aromatic hydroxyl groups is 1. The number of carbonyl (C=O) groups excluding carboxylic acids is 2. The molecule has 6 heteroatoms. The molecule has 1 amide bonds. The van der Waals surface area contributed by atoms with Crippen LogP contribution in [0, 0.1) is 6.92 Å². The standard InChI is InChI=1S/C20H19ClN2O3/c1-11(19(25)22-3)18-12(2)23(17-8-7-15(24)10-16(17)18)20(26)13-5-4-6-14(21)9-13/h4-11,24H,1-3H3,(H,22,25). The van der Waals surface area contributed by atoms with E-state index in [2.05, 4.69) is 5.32 Å². The Kier molecular flexibility index (Phi) is 4.74. The zero-order chi connectivity index (χ0) is 19.0. The number of aromatic nitrogens is 1. The third-order valence-corrected chi connectivity index (χ3v) is 4.82. The molecule has 0 fully saturated rings. The number of halogens is 1. The van der Waals surface area contributed by atoms with Crippen LogP contribution in [-0.2, 0) is 4.79 Å². The monoisotopic (exact) mass is 370 g/mol. The molecule has 0 bridgehead atoms. The van der Waals surface area contributed by atoms with Crippen molar-refractivity contribution in [3.63, 3.8) is 0 Å². The first-order chi connectivity index (χ1) is 12.3. The maximum Gasteiger partial charge on any atom is 0.262 e. The van der Waals surface area contributed by atoms with Crippen LogP contribution in [0.15, 0.2) is 42.5 Å². The van der Waals surface area contributed by atoms with E-state index in [-0.39, 0.29) is 17.6 Å². The van der Waals surface area contributed by atoms with Gasteiger partial charge in [-0.05, 0) is 55.8 Å². The second-order valence-electron chi connectivity index (χ2n) is 6.19. The van der Waals surface area contributed by atoms with E-state index in [1.165, 1.54) is 6.07 Å². The third kappa shape index (κ3) is 2.95. The van der Waals surface area contributed by atoms with E-state index in [1.54, 1.807) is 61.9 Å². The van der Waals surface area contributed by atoms with Crippen LogP contribution in [-0.4, -0.2) is 28.5 Å². The maximum atomic E-state index is 13.1. The van der Waals surface area contributed by atoms with E-state index >= 15 is 0 Å². The summed E-state index contributed by atoms with van der Waals surface area (Å²) in [5, 5.41) is 13.7. The van der Waals surface area contributed by atoms with Crippen molar-refractivity contribution in [2.45, 2.75) is 19.8 Å². The molecule has 1 atom stereocenters. The minimum atomic E-state index is -0.474. The van der Waals surface area contributed by atoms with Crippen LogP contribution in [0.2, 0.25) is 5.02 Å². The Labute approximate surface area is 156 Å². The molecule has 5 nitrogen and oxygen atoms in total. The molecule has 0 aliphatic rings. The van der Waals surface area contributed by atoms with Crippen LogP contribution in [0.5, 0.6) is 5.75 Å². The molecule has 0 saturated carbocycles. The maximum absolute atomic E-state index is 13.1. The van der Waals surface area contributed by atoms with Gasteiger partial charge in [-0.3, -0.25) is 14.2 Å². The molecule has 0 aliphatic carbocycles. The molecule has 0 spiro atoms. The molecule has 26 heavy (non-hydrogen) atoms. The van der Waals surface area contributed by atoms with Gasteiger partial charge in [-0.25, -0.2) is 0 Å². The van der Waals surface area contributed by atoms with Gasteiger partial charge >= 0.3 is 0 Å². The first-order valence-electron chi connectivity index (χ1n) is 8.21. The van der Waals surface area contributed by atoms with Gasteiger partial charge in [0.25, 0.3) is 5.91 Å². The normalized spacial score (nSPS) is 12.2. The lowest BCUT2D eigenvalue weighted by Gasteiger charge is -2.12. The van der Waals surface area contributed by atoms with E-state index in [1.807, 2.05) is 0 Å². The topological polar surface area (TPSA) is 71.3 Å². The third-order valence-electron chi connectivity index (χ3n) is 4.58. The summed E-state index contributed by atoms with van der Waals surface area (Å²) in [5.41, 5.74) is 2.46. The van der Waals surface area contributed by atoms with Gasteiger partial charge in [-0.15, -0.1) is 0 Å². The molecule has 3 rings (SSSR count). The van der Waals surface area contributed by atoms with Crippen LogP contribution < -0.4 is 5.32 Å². The van der Waals surface area contributed by atoms with Gasteiger partial charge in [0.05, 0.1) is 11.4 Å². The zero-order valence-electron chi connectivity index (χ0n) is 14.7. The van der Waals surface area contributed by atoms with Crippen LogP contribution in [0.1, 0.15) is 34.5 Å². The number of hydrogen-bond acceptors (Lipinski definition) is 3. The first kappa shape index (κ1) is 18.0. The molecule has 3 aromatic rings. The van der Waals surface area contributed by atoms with Gasteiger partial charge in [0, 0.05) is 28.7 Å². The summed E-state index contributed by atoms with van der Waals surface area (Å²) in [6.45, 7) is 3.58. The van der Waals surface area contributed by atoms with Gasteiger partial charge in [-0.2, -0.15) is 0 Å². The number of hydrogen-bond donors (Lipinski definition) is 2. The van der Waals surface area contributed by atoms with Crippen LogP contribution >= 0.6 is 11.6 Å². The number of fused-ring (bicyclic) bond motifs is 1. The highest BCUT2D eigenvalue weighted by atomic mass is 35.5. The number of likely N-dealkylation sites (N-methyl/N-ethyl adjacent to an activating group) is 1. The first-order valence-corrected chi connectivity index (χ1v) is 8.58. The Morgan fingerprint density at radius 3 is 2.58 bits per heavy atom. The van der Waals surface area contributed by atoms with Crippen molar-refractivity contribution in [1.82, 2.24) is 9.88 Å². The van der Waals surface area contributed by atoms with Gasteiger partial charge < -0.3 is 10.4 Å². The Morgan fingerprint density at radius 2 is 1.92 bits per heavy atom. The number of phenolic OH excluding ortho intramolecular Hbond substituents is 1. The summed E-state index contributed by atoms with van der Waals surface area (Å²) in [6, 6.07) is 11.5. The van der Waals surface area contributed by atoms with Crippen molar-refractivity contribution >= 4 is 34.3 Å². The van der Waals surface area contributed by atoms with Crippen molar-refractivity contribution in [2.24, 2.45) is 0 Å². The number of phenols is 1. The van der Waals surface area contributed by atoms with E-state index in [0.717, 1.165) is 0 Å². The quantitative estimate of drug-likeness (QED) is 0.735. The number of benzene rings is 2. The highest BCUT2D eigenvalue weighted by molar-refractivity contribution is 6.31. The van der Waals surface area contributed by atoms with E-state index in [9.17, 15) is 14.7 Å². The molecular weight excluding hydrogens is 352 g/mol. The fourth-order valence-electron chi connectivity index (χ4n) is 3.34. The molecule has 0 aliphatic heterocycles. The minimum Gasteiger partial charge on any atom is -0.508 e. The summed E-state index contributed by atoms with van der Waals surface area (Å²) in [6.07, 6.45) is 0. The van der Waals surface area contributed by atoms with E-state index < -0.39 is 5.92 Å². The number of rotatable bonds is 3. The summed E-state index contributed by atoms with van der Waals surface area (Å²) < 4.78 is 1.56. The van der Waals surface area contributed by atoms with Gasteiger partial charge in [-0.1, -0.05) is 17.7 Å². The molecule has 0 saturated heterocycles. The molecule has 0 radical (unpaired) electrons. The molecule has 2 N–H and O–H groups in total. The summed E-state index contributed by atoms with van der Waals surface area (Å²) in [5.74, 6) is -0.797. The molecule has 1 heterocycles. The number of amides is 1. The van der Waals surface area contributed by atoms with E-state index in [0.29, 0.717) is 32.7 Å². The molecule has 2 aromatic carbocycles. The Bertz CT molecular complexity index is 1020. The van der Waals surface area contributed by atoms with Crippen molar-refractivity contribution in [2.75, 3.05) is 7.05 Å². The van der Waals surface area contributed by atoms with Crippen molar-refractivity contribution in [1.29, 1.82) is 0 Å². The SMILES string of the molecule is CNC(=O)C(C)c1c(C)n(C(=O)c2cccc(Cl)c2)c2ccc(O)cc12. The number of carbonyl (C=O) groups is 2.